The van der Waals surface area contributed by atoms with E-state index in [0.717, 1.165) is 29.7 Å². The van der Waals surface area contributed by atoms with Crippen LogP contribution in [0.25, 0.3) is 11.1 Å². The third kappa shape index (κ3) is 3.46. The highest BCUT2D eigenvalue weighted by atomic mass is 16.3. The van der Waals surface area contributed by atoms with Crippen LogP contribution in [0.3, 0.4) is 0 Å². The zero-order chi connectivity index (χ0) is 15.4. The van der Waals surface area contributed by atoms with Gasteiger partial charge in [0, 0.05) is 18.3 Å². The van der Waals surface area contributed by atoms with Crippen molar-refractivity contribution < 1.29 is 9.90 Å². The van der Waals surface area contributed by atoms with E-state index in [9.17, 15) is 4.79 Å². The number of nitrogens with zero attached hydrogens (tertiary/aromatic N) is 1. The van der Waals surface area contributed by atoms with E-state index in [1.165, 1.54) is 0 Å². The lowest BCUT2D eigenvalue weighted by atomic mass is 10.1. The number of hydrogen-bond donors (Lipinski definition) is 2. The number of aliphatic hydroxyl groups is 1. The monoisotopic (exact) mass is 296 g/mol. The SMILES string of the molecule is O=C(Nc1ccc(-c2ccccc2)cc1)N(CCO)C1CC1. The van der Waals surface area contributed by atoms with Crippen LogP contribution in [-0.4, -0.2) is 35.2 Å². The molecule has 4 heteroatoms. The molecule has 2 aromatic carbocycles. The summed E-state index contributed by atoms with van der Waals surface area (Å²) in [6.45, 7) is 0.384. The van der Waals surface area contributed by atoms with E-state index in [0.29, 0.717) is 6.54 Å². The largest absolute Gasteiger partial charge is 0.395 e. The fourth-order valence-electron chi connectivity index (χ4n) is 2.52. The van der Waals surface area contributed by atoms with Gasteiger partial charge in [0.25, 0.3) is 0 Å². The number of carbonyl (C=O) groups is 1. The average molecular weight is 296 g/mol. The van der Waals surface area contributed by atoms with Gasteiger partial charge in [0.2, 0.25) is 0 Å². The van der Waals surface area contributed by atoms with Crippen LogP contribution in [0.1, 0.15) is 12.8 Å². The van der Waals surface area contributed by atoms with E-state index >= 15 is 0 Å². The molecule has 1 aliphatic rings. The normalized spacial score (nSPS) is 13.7. The Hall–Kier alpha value is -2.33. The number of nitrogens with one attached hydrogen (secondary N) is 1. The van der Waals surface area contributed by atoms with Crippen molar-refractivity contribution in [3.8, 4) is 11.1 Å². The van der Waals surface area contributed by atoms with E-state index in [4.69, 9.17) is 5.11 Å². The van der Waals surface area contributed by atoms with Gasteiger partial charge in [-0.2, -0.15) is 0 Å². The lowest BCUT2D eigenvalue weighted by Crippen LogP contribution is -2.38. The van der Waals surface area contributed by atoms with Gasteiger partial charge in [0.15, 0.2) is 0 Å². The molecule has 114 valence electrons. The first-order valence-corrected chi connectivity index (χ1v) is 7.62. The maximum Gasteiger partial charge on any atom is 0.322 e. The average Bonchev–Trinajstić information content (AvgIpc) is 3.39. The van der Waals surface area contributed by atoms with Gasteiger partial charge in [0.1, 0.15) is 0 Å². The van der Waals surface area contributed by atoms with Gasteiger partial charge in [-0.25, -0.2) is 4.79 Å². The molecular weight excluding hydrogens is 276 g/mol. The van der Waals surface area contributed by atoms with E-state index in [1.807, 2.05) is 42.5 Å². The molecule has 0 atom stereocenters. The van der Waals surface area contributed by atoms with E-state index < -0.39 is 0 Å². The molecule has 4 nitrogen and oxygen atoms in total. The Labute approximate surface area is 130 Å². The first-order valence-electron chi connectivity index (χ1n) is 7.62. The molecule has 0 bridgehead atoms. The molecule has 3 rings (SSSR count). The maximum atomic E-state index is 12.2. The third-order valence-corrected chi connectivity index (χ3v) is 3.83. The van der Waals surface area contributed by atoms with Gasteiger partial charge in [-0.3, -0.25) is 0 Å². The lowest BCUT2D eigenvalue weighted by Gasteiger charge is -2.21. The fraction of sp³-hybridized carbons (Fsp3) is 0.278. The van der Waals surface area contributed by atoms with Crippen LogP contribution in [0.5, 0.6) is 0 Å². The van der Waals surface area contributed by atoms with E-state index in [1.54, 1.807) is 4.90 Å². The van der Waals surface area contributed by atoms with Gasteiger partial charge in [-0.1, -0.05) is 42.5 Å². The Kier molecular flexibility index (Phi) is 4.39. The van der Waals surface area contributed by atoms with Gasteiger partial charge in [-0.05, 0) is 36.1 Å². The van der Waals surface area contributed by atoms with Crippen molar-refractivity contribution in [1.82, 2.24) is 4.90 Å². The molecule has 0 saturated heterocycles. The number of aliphatic hydroxyl groups excluding tert-OH is 1. The molecule has 1 saturated carbocycles. The maximum absolute atomic E-state index is 12.2. The molecular formula is C18H20N2O2. The summed E-state index contributed by atoms with van der Waals surface area (Å²) < 4.78 is 0. The summed E-state index contributed by atoms with van der Waals surface area (Å²) in [5, 5.41) is 12.0. The van der Waals surface area contributed by atoms with E-state index in [-0.39, 0.29) is 18.7 Å². The number of anilines is 1. The fourth-order valence-corrected chi connectivity index (χ4v) is 2.52. The predicted molar refractivity (Wildman–Crippen MR) is 87.7 cm³/mol. The van der Waals surface area contributed by atoms with Gasteiger partial charge >= 0.3 is 6.03 Å². The minimum Gasteiger partial charge on any atom is -0.395 e. The van der Waals surface area contributed by atoms with Crippen molar-refractivity contribution in [2.24, 2.45) is 0 Å². The molecule has 1 fully saturated rings. The summed E-state index contributed by atoms with van der Waals surface area (Å²) in [4.78, 5) is 14.0. The van der Waals surface area contributed by atoms with Crippen LogP contribution in [0.15, 0.2) is 54.6 Å². The first-order chi connectivity index (χ1) is 10.8. The molecule has 22 heavy (non-hydrogen) atoms. The van der Waals surface area contributed by atoms with Crippen molar-refractivity contribution in [3.05, 3.63) is 54.6 Å². The van der Waals surface area contributed by atoms with Crippen molar-refractivity contribution in [1.29, 1.82) is 0 Å². The summed E-state index contributed by atoms with van der Waals surface area (Å²) in [5.74, 6) is 0. The Morgan fingerprint density at radius 3 is 2.27 bits per heavy atom. The summed E-state index contributed by atoms with van der Waals surface area (Å²) in [5.41, 5.74) is 3.04. The Morgan fingerprint density at radius 2 is 1.68 bits per heavy atom. The van der Waals surface area contributed by atoms with Gasteiger partial charge in [-0.15, -0.1) is 0 Å². The minimum atomic E-state index is -0.135. The van der Waals surface area contributed by atoms with Crippen LogP contribution in [0.2, 0.25) is 0 Å². The highest BCUT2D eigenvalue weighted by Gasteiger charge is 2.32. The predicted octanol–water partition coefficient (Wildman–Crippen LogP) is 3.34. The standard InChI is InChI=1S/C18H20N2O2/c21-13-12-20(17-10-11-17)18(22)19-16-8-6-15(7-9-16)14-4-2-1-3-5-14/h1-9,17,21H,10-13H2,(H,19,22). The summed E-state index contributed by atoms with van der Waals surface area (Å²) in [7, 11) is 0. The minimum absolute atomic E-state index is 0.00311. The van der Waals surface area contributed by atoms with Gasteiger partial charge < -0.3 is 15.3 Å². The second-order valence-corrected chi connectivity index (χ2v) is 5.52. The van der Waals surface area contributed by atoms with Crippen LogP contribution >= 0.6 is 0 Å². The number of carbonyl (C=O) groups excluding carboxylic acids is 1. The number of amides is 2. The van der Waals surface area contributed by atoms with Crippen LogP contribution in [-0.2, 0) is 0 Å². The van der Waals surface area contributed by atoms with Crippen molar-refractivity contribution in [2.75, 3.05) is 18.5 Å². The molecule has 0 aliphatic heterocycles. The summed E-state index contributed by atoms with van der Waals surface area (Å²) in [6, 6.07) is 18.1. The Bertz CT molecular complexity index is 621. The summed E-state index contributed by atoms with van der Waals surface area (Å²) in [6.07, 6.45) is 2.06. The van der Waals surface area contributed by atoms with Gasteiger partial charge in [0.05, 0.1) is 6.61 Å². The number of benzene rings is 2. The number of urea groups is 1. The van der Waals surface area contributed by atoms with Crippen molar-refractivity contribution >= 4 is 11.7 Å². The lowest BCUT2D eigenvalue weighted by molar-refractivity contribution is 0.185. The molecule has 2 amide bonds. The second-order valence-electron chi connectivity index (χ2n) is 5.52. The molecule has 0 radical (unpaired) electrons. The molecule has 2 aromatic rings. The molecule has 2 N–H and O–H groups in total. The Morgan fingerprint density at radius 1 is 1.05 bits per heavy atom. The summed E-state index contributed by atoms with van der Waals surface area (Å²) >= 11 is 0. The highest BCUT2D eigenvalue weighted by Crippen LogP contribution is 2.27. The quantitative estimate of drug-likeness (QED) is 0.889. The number of hydrogen-bond acceptors (Lipinski definition) is 2. The van der Waals surface area contributed by atoms with Crippen molar-refractivity contribution in [3.63, 3.8) is 0 Å². The smallest absolute Gasteiger partial charge is 0.322 e. The highest BCUT2D eigenvalue weighted by molar-refractivity contribution is 5.90. The first kappa shape index (κ1) is 14.6. The zero-order valence-corrected chi connectivity index (χ0v) is 12.4. The molecule has 0 unspecified atom stereocenters. The molecule has 0 aromatic heterocycles. The molecule has 1 aliphatic carbocycles. The van der Waals surface area contributed by atoms with E-state index in [2.05, 4.69) is 17.4 Å². The number of rotatable bonds is 5. The third-order valence-electron chi connectivity index (χ3n) is 3.83. The van der Waals surface area contributed by atoms with Crippen LogP contribution < -0.4 is 5.32 Å². The second kappa shape index (κ2) is 6.62. The topological polar surface area (TPSA) is 52.6 Å². The van der Waals surface area contributed by atoms with Crippen LogP contribution in [0, 0.1) is 0 Å². The van der Waals surface area contributed by atoms with Crippen molar-refractivity contribution in [2.45, 2.75) is 18.9 Å². The Balaban J connectivity index is 1.67. The molecule has 0 spiro atoms. The van der Waals surface area contributed by atoms with Crippen LogP contribution in [0.4, 0.5) is 10.5 Å². The zero-order valence-electron chi connectivity index (χ0n) is 12.4. The molecule has 0 heterocycles.